The Morgan fingerprint density at radius 1 is 1.21 bits per heavy atom. The number of aliphatic hydroxyl groups is 1. The highest BCUT2D eigenvalue weighted by molar-refractivity contribution is 7.92. The fourth-order valence-electron chi connectivity index (χ4n) is 5.29. The van der Waals surface area contributed by atoms with Crippen LogP contribution in [0.3, 0.4) is 0 Å². The van der Waals surface area contributed by atoms with Gasteiger partial charge in [-0.15, -0.1) is 0 Å². The maximum absolute atomic E-state index is 13.6. The van der Waals surface area contributed by atoms with Crippen LogP contribution in [0.5, 0.6) is 5.75 Å². The molecule has 1 unspecified atom stereocenters. The number of nitrogens with zero attached hydrogens (tertiary/aromatic N) is 5. The topological polar surface area (TPSA) is 151 Å². The molecule has 43 heavy (non-hydrogen) atoms. The molecule has 0 spiro atoms. The minimum atomic E-state index is -3.66. The van der Waals surface area contributed by atoms with E-state index < -0.39 is 21.3 Å². The third-order valence-electron chi connectivity index (χ3n) is 8.31. The second-order valence-electron chi connectivity index (χ2n) is 12.4. The summed E-state index contributed by atoms with van der Waals surface area (Å²) in [7, 11) is -0.244. The zero-order chi connectivity index (χ0) is 31.3. The predicted octanol–water partition coefficient (Wildman–Crippen LogP) is 4.61. The largest absolute Gasteiger partial charge is 0.492 e. The number of sulfonamides is 1. The second-order valence-corrected chi connectivity index (χ2v) is 14.2. The Balaban J connectivity index is 1.41. The van der Waals surface area contributed by atoms with Crippen LogP contribution in [0.1, 0.15) is 72.7 Å². The van der Waals surface area contributed by atoms with E-state index in [4.69, 9.17) is 4.74 Å². The molecule has 13 heteroatoms. The summed E-state index contributed by atoms with van der Waals surface area (Å²) < 4.78 is 34.3. The van der Waals surface area contributed by atoms with E-state index >= 15 is 0 Å². The molecule has 12 nitrogen and oxygen atoms in total. The fraction of sp³-hybridized carbons (Fsp3) is 0.467. The molecule has 230 valence electrons. The molecule has 3 aromatic rings. The zero-order valence-electron chi connectivity index (χ0n) is 25.6. The van der Waals surface area contributed by atoms with E-state index in [0.717, 1.165) is 41.9 Å². The Morgan fingerprint density at radius 2 is 1.91 bits per heavy atom. The second kappa shape index (κ2) is 10.9. The maximum Gasteiger partial charge on any atom is 0.255 e. The average Bonchev–Trinajstić information content (AvgIpc) is 3.30. The first-order valence-electron chi connectivity index (χ1n) is 14.1. The van der Waals surface area contributed by atoms with Gasteiger partial charge in [0.05, 0.1) is 55.5 Å². The number of carbonyl (C=O) groups is 1. The molecule has 3 N–H and O–H groups in total. The van der Waals surface area contributed by atoms with Gasteiger partial charge in [0.25, 0.3) is 5.91 Å². The highest BCUT2D eigenvalue weighted by Gasteiger charge is 2.43. The average molecular weight is 610 g/mol. The molecule has 1 fully saturated rings. The summed E-state index contributed by atoms with van der Waals surface area (Å²) in [6.45, 7) is 8.11. The molecule has 1 amide bonds. The van der Waals surface area contributed by atoms with Crippen molar-refractivity contribution < 1.29 is 23.1 Å². The molecule has 1 aliphatic carbocycles. The summed E-state index contributed by atoms with van der Waals surface area (Å²) in [6, 6.07) is 8.41. The van der Waals surface area contributed by atoms with Crippen LogP contribution in [0.15, 0.2) is 46.9 Å². The van der Waals surface area contributed by atoms with Crippen molar-refractivity contribution >= 4 is 33.0 Å². The number of aliphatic hydroxyl groups excluding tert-OH is 1. The Morgan fingerprint density at radius 3 is 2.53 bits per heavy atom. The van der Waals surface area contributed by atoms with Crippen molar-refractivity contribution in [3.63, 3.8) is 0 Å². The van der Waals surface area contributed by atoms with Crippen molar-refractivity contribution in [1.82, 2.24) is 9.55 Å². The molecule has 5 rings (SSSR count). The lowest BCUT2D eigenvalue weighted by molar-refractivity contribution is 0.102. The number of imidazole rings is 1. The van der Waals surface area contributed by atoms with E-state index in [2.05, 4.69) is 36.9 Å². The van der Waals surface area contributed by atoms with E-state index in [9.17, 15) is 18.3 Å². The van der Waals surface area contributed by atoms with E-state index in [1.54, 1.807) is 29.3 Å². The van der Waals surface area contributed by atoms with Crippen molar-refractivity contribution in [1.29, 1.82) is 0 Å². The lowest BCUT2D eigenvalue weighted by Gasteiger charge is -2.26. The minimum absolute atomic E-state index is 0.137. The highest BCUT2D eigenvalue weighted by atomic mass is 32.2. The molecule has 2 aromatic carbocycles. The summed E-state index contributed by atoms with van der Waals surface area (Å²) in [5, 5.41) is 23.6. The van der Waals surface area contributed by atoms with Crippen LogP contribution >= 0.6 is 0 Å². The summed E-state index contributed by atoms with van der Waals surface area (Å²) >= 11 is 0. The fourth-order valence-corrected chi connectivity index (χ4v) is 5.84. The van der Waals surface area contributed by atoms with Gasteiger partial charge in [0.15, 0.2) is 5.75 Å². The van der Waals surface area contributed by atoms with E-state index in [-0.39, 0.29) is 35.2 Å². The number of aryl methyl sites for hydroxylation is 1. The highest BCUT2D eigenvalue weighted by Crippen LogP contribution is 2.47. The van der Waals surface area contributed by atoms with E-state index in [1.807, 2.05) is 40.1 Å². The predicted molar refractivity (Wildman–Crippen MR) is 165 cm³/mol. The quantitative estimate of drug-likeness (QED) is 0.304. The number of rotatable bonds is 10. The van der Waals surface area contributed by atoms with Gasteiger partial charge in [0.2, 0.25) is 10.0 Å². The van der Waals surface area contributed by atoms with Crippen LogP contribution in [0.4, 0.5) is 17.1 Å². The Bertz CT molecular complexity index is 1710. The summed E-state index contributed by atoms with van der Waals surface area (Å²) in [6.07, 6.45) is 5.18. The van der Waals surface area contributed by atoms with Crippen molar-refractivity contribution in [3.05, 3.63) is 64.7 Å². The molecule has 2 aliphatic rings. The number of benzene rings is 2. The van der Waals surface area contributed by atoms with E-state index in [0.29, 0.717) is 17.7 Å². The van der Waals surface area contributed by atoms with Crippen LogP contribution < -0.4 is 19.8 Å². The summed E-state index contributed by atoms with van der Waals surface area (Å²) in [5.41, 5.74) is 3.48. The van der Waals surface area contributed by atoms with Crippen LogP contribution in [0.25, 0.3) is 0 Å². The van der Waals surface area contributed by atoms with Gasteiger partial charge in [-0.25, -0.2) is 18.4 Å². The summed E-state index contributed by atoms with van der Waals surface area (Å²) in [4.78, 5) is 18.3. The molecule has 0 bridgehead atoms. The Kier molecular flexibility index (Phi) is 7.76. The maximum atomic E-state index is 13.6. The first kappa shape index (κ1) is 30.5. The van der Waals surface area contributed by atoms with Crippen LogP contribution in [0.2, 0.25) is 0 Å². The lowest BCUT2D eigenvalue weighted by atomic mass is 9.85. The van der Waals surface area contributed by atoms with Gasteiger partial charge >= 0.3 is 0 Å². The molecule has 0 radical (unpaired) electrons. The number of aromatic nitrogens is 2. The van der Waals surface area contributed by atoms with Gasteiger partial charge in [-0.1, -0.05) is 32.1 Å². The third-order valence-corrected chi connectivity index (χ3v) is 8.90. The van der Waals surface area contributed by atoms with Crippen LogP contribution in [0, 0.1) is 6.92 Å². The third kappa shape index (κ3) is 6.09. The molecule has 0 saturated heterocycles. The molecule has 1 saturated carbocycles. The first-order valence-corrected chi connectivity index (χ1v) is 16.0. The first-order chi connectivity index (χ1) is 20.2. The monoisotopic (exact) mass is 609 g/mol. The number of methoxy groups -OCH3 is 1. The number of anilines is 3. The molecule has 1 atom stereocenters. The van der Waals surface area contributed by atoms with Gasteiger partial charge in [0, 0.05) is 23.4 Å². The Hall–Kier alpha value is -3.97. The number of amides is 1. The van der Waals surface area contributed by atoms with Gasteiger partial charge in [0.1, 0.15) is 11.9 Å². The number of nitrogens with one attached hydrogen (secondary N) is 2. The SMILES string of the molecule is COc1c(NC(=O)c2ccc(C)c(N3CC(c4cnc(C5(C)CC5)n4C)N=N3)c2)cc(C(C)(C)CO)cc1NS(C)(=O)=O. The number of hydrogen-bond acceptors (Lipinski definition) is 9. The number of carbonyl (C=O) groups excluding carboxylic acids is 1. The normalized spacial score (nSPS) is 17.7. The number of ether oxygens (including phenoxy) is 1. The van der Waals surface area contributed by atoms with Gasteiger partial charge in [-0.3, -0.25) is 9.52 Å². The van der Waals surface area contributed by atoms with Crippen molar-refractivity contribution in [3.8, 4) is 5.75 Å². The van der Waals surface area contributed by atoms with Crippen LogP contribution in [-0.4, -0.2) is 55.5 Å². The standard InChI is InChI=1S/C30H39N7O5S/c1-18-8-9-19(12-24(18)37-16-23(33-35-37)25-15-31-28(36(25)5)30(4)10-11-30)27(39)32-21-13-20(29(2,3)17-38)14-22(26(21)42-6)34-43(7,40)41/h8-9,12-15,23,34,38H,10-11,16-17H2,1-7H3,(H,32,39). The molecular weight excluding hydrogens is 570 g/mol. The van der Waals surface area contributed by atoms with Gasteiger partial charge in [-0.2, -0.15) is 5.11 Å². The molecule has 2 heterocycles. The van der Waals surface area contributed by atoms with Crippen molar-refractivity contribution in [2.75, 3.05) is 41.6 Å². The van der Waals surface area contributed by atoms with Crippen molar-refractivity contribution in [2.45, 2.75) is 57.4 Å². The zero-order valence-corrected chi connectivity index (χ0v) is 26.4. The van der Waals surface area contributed by atoms with Gasteiger partial charge in [-0.05, 0) is 55.2 Å². The van der Waals surface area contributed by atoms with E-state index in [1.165, 1.54) is 7.11 Å². The molecule has 1 aromatic heterocycles. The Labute approximate surface area is 252 Å². The van der Waals surface area contributed by atoms with Crippen LogP contribution in [-0.2, 0) is 27.9 Å². The summed E-state index contributed by atoms with van der Waals surface area (Å²) in [5.74, 6) is 0.795. The molecular formula is C30H39N7O5S. The number of hydrogen-bond donors (Lipinski definition) is 3. The van der Waals surface area contributed by atoms with Gasteiger partial charge < -0.3 is 19.7 Å². The van der Waals surface area contributed by atoms with Crippen molar-refractivity contribution in [2.24, 2.45) is 17.4 Å². The lowest BCUT2D eigenvalue weighted by Crippen LogP contribution is -2.24. The molecule has 1 aliphatic heterocycles. The minimum Gasteiger partial charge on any atom is -0.492 e. The smallest absolute Gasteiger partial charge is 0.255 e.